The lowest BCUT2D eigenvalue weighted by Gasteiger charge is -2.27. The molecular weight excluding hydrogens is 436 g/mol. The molecule has 1 fully saturated rings. The standard InChI is InChI=1S/C25H32N4O5/c1-6-28(7-2)13-14-29-21(17-11-9-10-12-26-17)19(23(31)24(29)32)22(30)18-15(4)20(27-16(18)5)25(33)34-8-3/h9-12,21,27,30H,6-8,13-14H2,1-5H3/b22-19+. The van der Waals surface area contributed by atoms with Crippen LogP contribution in [0.2, 0.25) is 0 Å². The third-order valence-electron chi connectivity index (χ3n) is 6.21. The summed E-state index contributed by atoms with van der Waals surface area (Å²) in [5.41, 5.74) is 1.90. The minimum Gasteiger partial charge on any atom is -0.507 e. The smallest absolute Gasteiger partial charge is 0.355 e. The molecule has 9 nitrogen and oxygen atoms in total. The third-order valence-corrected chi connectivity index (χ3v) is 6.21. The molecule has 1 aliphatic heterocycles. The number of likely N-dealkylation sites (N-methyl/N-ethyl adjacent to an activating group) is 1. The minimum absolute atomic E-state index is 0.0381. The Hall–Kier alpha value is -3.46. The molecule has 1 unspecified atom stereocenters. The fraction of sp³-hybridized carbons (Fsp3) is 0.440. The van der Waals surface area contributed by atoms with Crippen LogP contribution >= 0.6 is 0 Å². The number of aryl methyl sites for hydroxylation is 1. The van der Waals surface area contributed by atoms with Crippen molar-refractivity contribution in [1.82, 2.24) is 19.8 Å². The Morgan fingerprint density at radius 1 is 1.21 bits per heavy atom. The van der Waals surface area contributed by atoms with Crippen molar-refractivity contribution in [1.29, 1.82) is 0 Å². The van der Waals surface area contributed by atoms with Crippen LogP contribution < -0.4 is 0 Å². The van der Waals surface area contributed by atoms with Crippen LogP contribution in [0.5, 0.6) is 0 Å². The molecule has 1 amide bonds. The molecule has 1 saturated heterocycles. The predicted octanol–water partition coefficient (Wildman–Crippen LogP) is 2.97. The van der Waals surface area contributed by atoms with Gasteiger partial charge in [0.2, 0.25) is 0 Å². The first kappa shape index (κ1) is 25.2. The Balaban J connectivity index is 2.14. The second-order valence-corrected chi connectivity index (χ2v) is 8.12. The van der Waals surface area contributed by atoms with Crippen molar-refractivity contribution in [3.8, 4) is 0 Å². The fourth-order valence-corrected chi connectivity index (χ4v) is 4.39. The summed E-state index contributed by atoms with van der Waals surface area (Å²) >= 11 is 0. The maximum atomic E-state index is 13.2. The molecule has 3 heterocycles. The van der Waals surface area contributed by atoms with Crippen LogP contribution in [0.15, 0.2) is 30.0 Å². The van der Waals surface area contributed by atoms with Gasteiger partial charge in [0.15, 0.2) is 0 Å². The number of hydrogen-bond acceptors (Lipinski definition) is 7. The fourth-order valence-electron chi connectivity index (χ4n) is 4.39. The number of aliphatic hydroxyl groups excluding tert-OH is 1. The lowest BCUT2D eigenvalue weighted by atomic mass is 9.96. The van der Waals surface area contributed by atoms with E-state index in [-0.39, 0.29) is 23.6 Å². The average molecular weight is 469 g/mol. The van der Waals surface area contributed by atoms with Gasteiger partial charge in [-0.15, -0.1) is 0 Å². The van der Waals surface area contributed by atoms with Gasteiger partial charge in [0.1, 0.15) is 17.5 Å². The Labute approximate surface area is 199 Å². The van der Waals surface area contributed by atoms with E-state index in [1.54, 1.807) is 45.2 Å². The number of ketones is 1. The Morgan fingerprint density at radius 2 is 1.91 bits per heavy atom. The summed E-state index contributed by atoms with van der Waals surface area (Å²) in [4.78, 5) is 49.6. The molecule has 182 valence electrons. The lowest BCUT2D eigenvalue weighted by Crippen LogP contribution is -2.38. The molecule has 0 radical (unpaired) electrons. The highest BCUT2D eigenvalue weighted by molar-refractivity contribution is 6.46. The number of H-pyrrole nitrogens is 1. The molecule has 2 N–H and O–H groups in total. The summed E-state index contributed by atoms with van der Waals surface area (Å²) in [6.45, 7) is 11.8. The largest absolute Gasteiger partial charge is 0.507 e. The van der Waals surface area contributed by atoms with Crippen LogP contribution in [-0.2, 0) is 14.3 Å². The Morgan fingerprint density at radius 3 is 2.50 bits per heavy atom. The topological polar surface area (TPSA) is 116 Å². The number of carbonyl (C=O) groups excluding carboxylic acids is 3. The number of amides is 1. The molecule has 0 aromatic carbocycles. The number of carbonyl (C=O) groups is 3. The number of pyridine rings is 1. The highest BCUT2D eigenvalue weighted by Crippen LogP contribution is 2.40. The van der Waals surface area contributed by atoms with Crippen LogP contribution in [-0.4, -0.2) is 75.3 Å². The van der Waals surface area contributed by atoms with Crippen molar-refractivity contribution < 1.29 is 24.2 Å². The number of nitrogens with zero attached hydrogens (tertiary/aromatic N) is 3. The number of esters is 1. The van der Waals surface area contributed by atoms with Crippen molar-refractivity contribution in [3.63, 3.8) is 0 Å². The number of aromatic nitrogens is 2. The number of rotatable bonds is 9. The SMILES string of the molecule is CCOC(=O)c1[nH]c(C)c(/C(O)=C2\C(=O)C(=O)N(CCN(CC)CC)C2c2ccccn2)c1C. The van der Waals surface area contributed by atoms with Gasteiger partial charge >= 0.3 is 5.97 Å². The first-order chi connectivity index (χ1) is 16.3. The first-order valence-corrected chi connectivity index (χ1v) is 11.5. The predicted molar refractivity (Wildman–Crippen MR) is 127 cm³/mol. The second-order valence-electron chi connectivity index (χ2n) is 8.12. The van der Waals surface area contributed by atoms with Crippen LogP contribution in [0.1, 0.15) is 59.8 Å². The Bertz CT molecular complexity index is 1100. The normalized spacial score (nSPS) is 17.6. The number of ether oxygens (including phenoxy) is 1. The van der Waals surface area contributed by atoms with Crippen molar-refractivity contribution in [2.24, 2.45) is 0 Å². The third kappa shape index (κ3) is 4.61. The van der Waals surface area contributed by atoms with Gasteiger partial charge in [-0.1, -0.05) is 19.9 Å². The van der Waals surface area contributed by atoms with E-state index in [1.807, 2.05) is 13.8 Å². The van der Waals surface area contributed by atoms with Crippen LogP contribution in [0.25, 0.3) is 5.76 Å². The van der Waals surface area contributed by atoms with E-state index in [4.69, 9.17) is 4.74 Å². The van der Waals surface area contributed by atoms with Gasteiger partial charge in [0.25, 0.3) is 11.7 Å². The molecule has 2 aromatic rings. The van der Waals surface area contributed by atoms with Gasteiger partial charge in [-0.2, -0.15) is 0 Å². The minimum atomic E-state index is -0.837. The lowest BCUT2D eigenvalue weighted by molar-refractivity contribution is -0.140. The van der Waals surface area contributed by atoms with Crippen molar-refractivity contribution >= 4 is 23.4 Å². The van der Waals surface area contributed by atoms with Crippen molar-refractivity contribution in [2.45, 2.75) is 40.7 Å². The highest BCUT2D eigenvalue weighted by Gasteiger charge is 2.47. The molecule has 0 aliphatic carbocycles. The van der Waals surface area contributed by atoms with E-state index < -0.39 is 23.7 Å². The number of Topliss-reactive ketones (excluding diaryl/α,β-unsaturated/α-hetero) is 1. The maximum absolute atomic E-state index is 13.2. The van der Waals surface area contributed by atoms with E-state index in [0.29, 0.717) is 35.6 Å². The van der Waals surface area contributed by atoms with E-state index in [1.165, 1.54) is 4.90 Å². The second kappa shape index (κ2) is 10.6. The average Bonchev–Trinajstić information content (AvgIpc) is 3.27. The molecule has 0 bridgehead atoms. The Kier molecular flexibility index (Phi) is 7.88. The number of likely N-dealkylation sites (tertiary alicyclic amines) is 1. The summed E-state index contributed by atoms with van der Waals surface area (Å²) in [5, 5.41) is 11.4. The van der Waals surface area contributed by atoms with E-state index in [2.05, 4.69) is 14.9 Å². The van der Waals surface area contributed by atoms with Crippen LogP contribution in [0.3, 0.4) is 0 Å². The summed E-state index contributed by atoms with van der Waals surface area (Å²) in [7, 11) is 0. The van der Waals surface area contributed by atoms with Crippen LogP contribution in [0.4, 0.5) is 0 Å². The van der Waals surface area contributed by atoms with Gasteiger partial charge in [-0.05, 0) is 51.6 Å². The van der Waals surface area contributed by atoms with Gasteiger partial charge in [0.05, 0.1) is 17.9 Å². The van der Waals surface area contributed by atoms with Crippen molar-refractivity contribution in [3.05, 3.63) is 58.2 Å². The number of aliphatic hydroxyl groups is 1. The van der Waals surface area contributed by atoms with Gasteiger partial charge in [0, 0.05) is 30.5 Å². The number of hydrogen-bond donors (Lipinski definition) is 2. The first-order valence-electron chi connectivity index (χ1n) is 11.5. The van der Waals surface area contributed by atoms with Gasteiger partial charge in [-0.3, -0.25) is 14.6 Å². The van der Waals surface area contributed by atoms with E-state index >= 15 is 0 Å². The molecule has 1 aliphatic rings. The zero-order chi connectivity index (χ0) is 25.0. The summed E-state index contributed by atoms with van der Waals surface area (Å²) < 4.78 is 5.09. The summed E-state index contributed by atoms with van der Waals surface area (Å²) in [5.74, 6) is -2.34. The summed E-state index contributed by atoms with van der Waals surface area (Å²) in [6, 6.07) is 4.42. The molecule has 3 rings (SSSR count). The zero-order valence-corrected chi connectivity index (χ0v) is 20.3. The van der Waals surface area contributed by atoms with Gasteiger partial charge < -0.3 is 24.6 Å². The van der Waals surface area contributed by atoms with Gasteiger partial charge in [-0.25, -0.2) is 4.79 Å². The highest BCUT2D eigenvalue weighted by atomic mass is 16.5. The van der Waals surface area contributed by atoms with Crippen LogP contribution in [0, 0.1) is 13.8 Å². The van der Waals surface area contributed by atoms with E-state index in [9.17, 15) is 19.5 Å². The molecule has 0 spiro atoms. The molecule has 9 heteroatoms. The zero-order valence-electron chi connectivity index (χ0n) is 20.3. The molecule has 0 saturated carbocycles. The monoisotopic (exact) mass is 468 g/mol. The number of aromatic amines is 1. The maximum Gasteiger partial charge on any atom is 0.355 e. The number of nitrogens with one attached hydrogen (secondary N) is 1. The molecule has 2 aromatic heterocycles. The molecule has 34 heavy (non-hydrogen) atoms. The summed E-state index contributed by atoms with van der Waals surface area (Å²) in [6.07, 6.45) is 1.59. The van der Waals surface area contributed by atoms with Crippen molar-refractivity contribution in [2.75, 3.05) is 32.8 Å². The quantitative estimate of drug-likeness (QED) is 0.252. The molecule has 1 atom stereocenters. The van der Waals surface area contributed by atoms with E-state index in [0.717, 1.165) is 13.1 Å². The molecular formula is C25H32N4O5.